The van der Waals surface area contributed by atoms with Crippen molar-refractivity contribution in [3.05, 3.63) is 70.1 Å². The molecule has 1 aromatic heterocycles. The lowest BCUT2D eigenvalue weighted by atomic mass is 10.1. The number of halogens is 1. The molecule has 2 aromatic carbocycles. The Labute approximate surface area is 164 Å². The minimum Gasteiger partial charge on any atom is -0.337 e. The fourth-order valence-corrected chi connectivity index (χ4v) is 3.12. The van der Waals surface area contributed by atoms with E-state index in [0.29, 0.717) is 22.3 Å². The van der Waals surface area contributed by atoms with Gasteiger partial charge in [-0.15, -0.1) is 0 Å². The topological polar surface area (TPSA) is 59.2 Å². The Morgan fingerprint density at radius 3 is 2.56 bits per heavy atom. The molecule has 0 aliphatic heterocycles. The minimum atomic E-state index is -0.162. The monoisotopic (exact) mass is 383 g/mol. The average Bonchev–Trinajstić information content (AvgIpc) is 3.08. The van der Waals surface area contributed by atoms with Gasteiger partial charge in [0.2, 0.25) is 11.7 Å². The van der Waals surface area contributed by atoms with E-state index >= 15 is 0 Å². The van der Waals surface area contributed by atoms with E-state index in [1.807, 2.05) is 58.0 Å². The Hall–Kier alpha value is -2.66. The van der Waals surface area contributed by atoms with E-state index in [-0.39, 0.29) is 18.5 Å². The van der Waals surface area contributed by atoms with Crippen LogP contribution < -0.4 is 0 Å². The van der Waals surface area contributed by atoms with Crippen molar-refractivity contribution in [3.63, 3.8) is 0 Å². The Kier molecular flexibility index (Phi) is 5.61. The van der Waals surface area contributed by atoms with Crippen molar-refractivity contribution in [1.82, 2.24) is 15.0 Å². The first-order chi connectivity index (χ1) is 12.8. The third-order valence-corrected chi connectivity index (χ3v) is 4.60. The molecule has 6 heteroatoms. The summed E-state index contributed by atoms with van der Waals surface area (Å²) in [5.41, 5.74) is 3.47. The molecule has 0 fully saturated rings. The van der Waals surface area contributed by atoms with E-state index in [1.54, 1.807) is 17.0 Å². The molecule has 0 spiro atoms. The van der Waals surface area contributed by atoms with Gasteiger partial charge in [-0.1, -0.05) is 46.6 Å². The molecule has 0 radical (unpaired) electrons. The van der Waals surface area contributed by atoms with Crippen LogP contribution >= 0.6 is 11.6 Å². The first-order valence-electron chi connectivity index (χ1n) is 8.82. The Bertz CT molecular complexity index is 966. The summed E-state index contributed by atoms with van der Waals surface area (Å²) in [6, 6.07) is 13.2. The third-order valence-electron chi connectivity index (χ3n) is 4.29. The second-order valence-electron chi connectivity index (χ2n) is 6.89. The highest BCUT2D eigenvalue weighted by Gasteiger charge is 2.23. The van der Waals surface area contributed by atoms with Crippen LogP contribution in [0.15, 0.2) is 47.0 Å². The van der Waals surface area contributed by atoms with Crippen molar-refractivity contribution in [3.8, 4) is 11.4 Å². The number of hydrogen-bond acceptors (Lipinski definition) is 4. The second-order valence-corrected chi connectivity index (χ2v) is 7.30. The highest BCUT2D eigenvalue weighted by molar-refractivity contribution is 6.33. The zero-order valence-corrected chi connectivity index (χ0v) is 16.6. The van der Waals surface area contributed by atoms with Crippen molar-refractivity contribution in [2.45, 2.75) is 40.3 Å². The molecule has 0 bridgehead atoms. The molecule has 1 heterocycles. The number of rotatable bonds is 5. The summed E-state index contributed by atoms with van der Waals surface area (Å²) >= 11 is 6.28. The molecule has 27 heavy (non-hydrogen) atoms. The maximum atomic E-state index is 13.0. The smallest absolute Gasteiger partial charge is 0.256 e. The van der Waals surface area contributed by atoms with Gasteiger partial charge in [-0.2, -0.15) is 4.98 Å². The summed E-state index contributed by atoms with van der Waals surface area (Å²) in [5.74, 6) is 0.736. The van der Waals surface area contributed by atoms with Gasteiger partial charge in [0.05, 0.1) is 10.6 Å². The first-order valence-corrected chi connectivity index (χ1v) is 9.19. The van der Waals surface area contributed by atoms with Crippen LogP contribution in [0.4, 0.5) is 0 Å². The van der Waals surface area contributed by atoms with Crippen molar-refractivity contribution < 1.29 is 9.32 Å². The summed E-state index contributed by atoms with van der Waals surface area (Å²) in [6.45, 7) is 8.05. The standard InChI is InChI=1S/C21H22ClN3O2/c1-13(2)25(21(26)17-9-8-15(4)11-18(17)22)12-19-23-20(24-27-19)16-7-5-6-14(3)10-16/h5-11,13H,12H2,1-4H3. The average molecular weight is 384 g/mol. The molecule has 0 aliphatic carbocycles. The van der Waals surface area contributed by atoms with Gasteiger partial charge in [0, 0.05) is 11.6 Å². The third kappa shape index (κ3) is 4.37. The number of nitrogens with zero attached hydrogens (tertiary/aromatic N) is 3. The molecule has 140 valence electrons. The second kappa shape index (κ2) is 7.92. The predicted molar refractivity (Wildman–Crippen MR) is 106 cm³/mol. The highest BCUT2D eigenvalue weighted by atomic mass is 35.5. The highest BCUT2D eigenvalue weighted by Crippen LogP contribution is 2.22. The summed E-state index contributed by atoms with van der Waals surface area (Å²) < 4.78 is 5.39. The van der Waals surface area contributed by atoms with Crippen LogP contribution in [0.2, 0.25) is 5.02 Å². The predicted octanol–water partition coefficient (Wildman–Crippen LogP) is 5.06. The van der Waals surface area contributed by atoms with Crippen molar-refractivity contribution in [2.75, 3.05) is 0 Å². The van der Waals surface area contributed by atoms with E-state index in [2.05, 4.69) is 10.1 Å². The van der Waals surface area contributed by atoms with E-state index < -0.39 is 0 Å². The number of hydrogen-bond donors (Lipinski definition) is 0. The summed E-state index contributed by atoms with van der Waals surface area (Å²) in [4.78, 5) is 19.1. The van der Waals surface area contributed by atoms with Gasteiger partial charge in [-0.25, -0.2) is 0 Å². The molecule has 3 rings (SSSR count). The van der Waals surface area contributed by atoms with Gasteiger partial charge in [-0.05, 0) is 51.5 Å². The number of carbonyl (C=O) groups excluding carboxylic acids is 1. The van der Waals surface area contributed by atoms with Crippen LogP contribution in [0.1, 0.15) is 41.2 Å². The van der Waals surface area contributed by atoms with E-state index in [1.165, 1.54) is 0 Å². The maximum absolute atomic E-state index is 13.0. The SMILES string of the molecule is Cc1cccc(-c2noc(CN(C(=O)c3ccc(C)cc3Cl)C(C)C)n2)c1. The van der Waals surface area contributed by atoms with Gasteiger partial charge in [-0.3, -0.25) is 4.79 Å². The lowest BCUT2D eigenvalue weighted by Gasteiger charge is -2.25. The zero-order valence-electron chi connectivity index (χ0n) is 15.9. The molecule has 5 nitrogen and oxygen atoms in total. The maximum Gasteiger partial charge on any atom is 0.256 e. The lowest BCUT2D eigenvalue weighted by molar-refractivity contribution is 0.0667. The molecular formula is C21H22ClN3O2. The summed E-state index contributed by atoms with van der Waals surface area (Å²) in [7, 11) is 0. The first kappa shape index (κ1) is 19.1. The van der Waals surface area contributed by atoms with Gasteiger partial charge >= 0.3 is 0 Å². The molecule has 0 N–H and O–H groups in total. The number of aryl methyl sites for hydroxylation is 2. The summed E-state index contributed by atoms with van der Waals surface area (Å²) in [5, 5.41) is 4.49. The molecule has 0 unspecified atom stereocenters. The normalized spacial score (nSPS) is 11.0. The van der Waals surface area contributed by atoms with Crippen molar-refractivity contribution in [2.24, 2.45) is 0 Å². The number of amides is 1. The Balaban J connectivity index is 1.84. The van der Waals surface area contributed by atoms with E-state index in [0.717, 1.165) is 16.7 Å². The minimum absolute atomic E-state index is 0.0517. The van der Waals surface area contributed by atoms with Crippen LogP contribution in [-0.2, 0) is 6.54 Å². The van der Waals surface area contributed by atoms with Gasteiger partial charge in [0.25, 0.3) is 5.91 Å². The largest absolute Gasteiger partial charge is 0.337 e. The summed E-state index contributed by atoms with van der Waals surface area (Å²) in [6.07, 6.45) is 0. The van der Waals surface area contributed by atoms with Crippen LogP contribution in [0, 0.1) is 13.8 Å². The van der Waals surface area contributed by atoms with Crippen LogP contribution in [-0.4, -0.2) is 27.0 Å². The number of aromatic nitrogens is 2. The Morgan fingerprint density at radius 1 is 1.15 bits per heavy atom. The quantitative estimate of drug-likeness (QED) is 0.618. The molecule has 0 aliphatic rings. The fraction of sp³-hybridized carbons (Fsp3) is 0.286. The Morgan fingerprint density at radius 2 is 1.89 bits per heavy atom. The van der Waals surface area contributed by atoms with E-state index in [4.69, 9.17) is 16.1 Å². The molecule has 0 saturated heterocycles. The molecule has 0 saturated carbocycles. The molecule has 0 atom stereocenters. The number of benzene rings is 2. The molecular weight excluding hydrogens is 362 g/mol. The van der Waals surface area contributed by atoms with Crippen LogP contribution in [0.5, 0.6) is 0 Å². The van der Waals surface area contributed by atoms with Crippen molar-refractivity contribution in [1.29, 1.82) is 0 Å². The van der Waals surface area contributed by atoms with Crippen LogP contribution in [0.3, 0.4) is 0 Å². The molecule has 1 amide bonds. The van der Waals surface area contributed by atoms with Crippen LogP contribution in [0.25, 0.3) is 11.4 Å². The fourth-order valence-electron chi connectivity index (χ4n) is 2.80. The molecule has 3 aromatic rings. The van der Waals surface area contributed by atoms with E-state index in [9.17, 15) is 4.79 Å². The zero-order chi connectivity index (χ0) is 19.6. The van der Waals surface area contributed by atoms with Gasteiger partial charge in [0.1, 0.15) is 6.54 Å². The number of carbonyl (C=O) groups is 1. The van der Waals surface area contributed by atoms with Gasteiger partial charge in [0.15, 0.2) is 0 Å². The van der Waals surface area contributed by atoms with Gasteiger partial charge < -0.3 is 9.42 Å². The van der Waals surface area contributed by atoms with Crippen molar-refractivity contribution >= 4 is 17.5 Å². The lowest BCUT2D eigenvalue weighted by Crippen LogP contribution is -2.36.